The summed E-state index contributed by atoms with van der Waals surface area (Å²) >= 11 is 0. The summed E-state index contributed by atoms with van der Waals surface area (Å²) in [6.07, 6.45) is 8.38. The lowest BCUT2D eigenvalue weighted by Gasteiger charge is -2.27. The molecule has 0 aromatic heterocycles. The van der Waals surface area contributed by atoms with Crippen LogP contribution in [0.15, 0.2) is 12.2 Å². The lowest BCUT2D eigenvalue weighted by Crippen LogP contribution is -2.27. The second-order valence-electron chi connectivity index (χ2n) is 4.37. The fourth-order valence-corrected chi connectivity index (χ4v) is 3.51. The molecule has 2 fully saturated rings. The van der Waals surface area contributed by atoms with E-state index in [1.54, 1.807) is 0 Å². The van der Waals surface area contributed by atoms with E-state index in [-0.39, 0.29) is 6.10 Å². The first-order valence-electron chi connectivity index (χ1n) is 4.71. The molecule has 0 unspecified atom stereocenters. The van der Waals surface area contributed by atoms with Gasteiger partial charge in [-0.1, -0.05) is 12.2 Å². The topological polar surface area (TPSA) is 20.2 Å². The van der Waals surface area contributed by atoms with Crippen molar-refractivity contribution >= 4 is 0 Å². The van der Waals surface area contributed by atoms with Gasteiger partial charge in [0.05, 0.1) is 6.10 Å². The van der Waals surface area contributed by atoms with Crippen molar-refractivity contribution < 1.29 is 5.11 Å². The average Bonchev–Trinajstić information content (AvgIpc) is 2.52. The van der Waals surface area contributed by atoms with Crippen LogP contribution in [0.25, 0.3) is 0 Å². The molecule has 2 saturated carbocycles. The van der Waals surface area contributed by atoms with Gasteiger partial charge < -0.3 is 5.11 Å². The molecule has 0 aromatic carbocycles. The monoisotopic (exact) mass is 150 g/mol. The Kier molecular flexibility index (Phi) is 1.07. The van der Waals surface area contributed by atoms with Crippen molar-refractivity contribution in [3.05, 3.63) is 12.2 Å². The van der Waals surface area contributed by atoms with Gasteiger partial charge in [-0.2, -0.15) is 0 Å². The Labute approximate surface area is 67.1 Å². The molecule has 0 aromatic rings. The zero-order valence-electron chi connectivity index (χ0n) is 6.61. The smallest absolute Gasteiger partial charge is 0.0577 e. The van der Waals surface area contributed by atoms with E-state index in [1.165, 1.54) is 12.8 Å². The van der Waals surface area contributed by atoms with E-state index < -0.39 is 0 Å². The van der Waals surface area contributed by atoms with Crippen molar-refractivity contribution in [1.29, 1.82) is 0 Å². The molecule has 2 bridgehead atoms. The van der Waals surface area contributed by atoms with Gasteiger partial charge in [0.1, 0.15) is 0 Å². The summed E-state index contributed by atoms with van der Waals surface area (Å²) in [5, 5.41) is 9.63. The van der Waals surface area contributed by atoms with Gasteiger partial charge in [0.25, 0.3) is 0 Å². The molecule has 0 aliphatic heterocycles. The first kappa shape index (κ1) is 6.24. The molecule has 3 aliphatic rings. The lowest BCUT2D eigenvalue weighted by atomic mass is 9.80. The van der Waals surface area contributed by atoms with E-state index in [0.717, 1.165) is 24.2 Å². The Bertz CT molecular complexity index is 209. The Morgan fingerprint density at radius 2 is 2.09 bits per heavy atom. The van der Waals surface area contributed by atoms with Crippen LogP contribution in [0.1, 0.15) is 19.3 Å². The quantitative estimate of drug-likeness (QED) is 0.520. The van der Waals surface area contributed by atoms with E-state index in [2.05, 4.69) is 12.2 Å². The maximum Gasteiger partial charge on any atom is 0.0577 e. The summed E-state index contributed by atoms with van der Waals surface area (Å²) in [4.78, 5) is 0. The predicted octanol–water partition coefficient (Wildman–Crippen LogP) is 1.58. The molecule has 0 saturated heterocycles. The van der Waals surface area contributed by atoms with Gasteiger partial charge in [-0.3, -0.25) is 0 Å². The summed E-state index contributed by atoms with van der Waals surface area (Å²) in [5.41, 5.74) is 0. The molecule has 11 heavy (non-hydrogen) atoms. The van der Waals surface area contributed by atoms with E-state index >= 15 is 0 Å². The van der Waals surface area contributed by atoms with Gasteiger partial charge >= 0.3 is 0 Å². The minimum atomic E-state index is 0.0315. The first-order chi connectivity index (χ1) is 5.36. The van der Waals surface area contributed by atoms with Gasteiger partial charge in [0.15, 0.2) is 0 Å². The zero-order chi connectivity index (χ0) is 7.42. The molecule has 3 aliphatic carbocycles. The third-order valence-corrected chi connectivity index (χ3v) is 3.97. The van der Waals surface area contributed by atoms with Crippen LogP contribution in [0.4, 0.5) is 0 Å². The second kappa shape index (κ2) is 1.89. The lowest BCUT2D eigenvalue weighted by molar-refractivity contribution is 0.0746. The summed E-state index contributed by atoms with van der Waals surface area (Å²) in [7, 11) is 0. The van der Waals surface area contributed by atoms with Crippen LogP contribution in [-0.4, -0.2) is 11.2 Å². The van der Waals surface area contributed by atoms with Crippen molar-refractivity contribution in [2.75, 3.05) is 0 Å². The van der Waals surface area contributed by atoms with Gasteiger partial charge in [0, 0.05) is 0 Å². The van der Waals surface area contributed by atoms with Crippen LogP contribution in [0.2, 0.25) is 0 Å². The maximum atomic E-state index is 9.63. The Morgan fingerprint density at radius 1 is 1.18 bits per heavy atom. The molecule has 60 valence electrons. The first-order valence-corrected chi connectivity index (χ1v) is 4.71. The van der Waals surface area contributed by atoms with E-state index in [1.807, 2.05) is 0 Å². The maximum absolute atomic E-state index is 9.63. The molecular weight excluding hydrogens is 136 g/mol. The van der Waals surface area contributed by atoms with E-state index in [9.17, 15) is 5.11 Å². The Morgan fingerprint density at radius 3 is 3.00 bits per heavy atom. The van der Waals surface area contributed by atoms with Gasteiger partial charge in [-0.25, -0.2) is 0 Å². The normalized spacial score (nSPS) is 58.8. The molecule has 0 spiro atoms. The second-order valence-corrected chi connectivity index (χ2v) is 4.37. The van der Waals surface area contributed by atoms with Crippen LogP contribution < -0.4 is 0 Å². The summed E-state index contributed by atoms with van der Waals surface area (Å²) < 4.78 is 0. The van der Waals surface area contributed by atoms with E-state index in [4.69, 9.17) is 0 Å². The SMILES string of the molecule is O[C@H]1C[C@H]2C[C@@H]1[C@@H]1C=CC[C@@H]21. The number of aliphatic hydroxyl groups is 1. The molecule has 5 atom stereocenters. The highest BCUT2D eigenvalue weighted by atomic mass is 16.3. The molecule has 0 amide bonds. The standard InChI is InChI=1S/C10H14O/c11-10-5-6-4-9(10)8-3-1-2-7(6)8/h1,3,6-11H,2,4-5H2/t6-,7+,8-,9-,10+/m1/s1. The van der Waals surface area contributed by atoms with Crippen molar-refractivity contribution in [3.8, 4) is 0 Å². The van der Waals surface area contributed by atoms with Crippen molar-refractivity contribution in [2.24, 2.45) is 23.7 Å². The number of fused-ring (bicyclic) bond motifs is 5. The Balaban J connectivity index is 1.94. The van der Waals surface area contributed by atoms with Gasteiger partial charge in [-0.15, -0.1) is 0 Å². The van der Waals surface area contributed by atoms with Gasteiger partial charge in [0.2, 0.25) is 0 Å². The third-order valence-electron chi connectivity index (χ3n) is 3.97. The van der Waals surface area contributed by atoms with Crippen molar-refractivity contribution in [2.45, 2.75) is 25.4 Å². The number of allylic oxidation sites excluding steroid dienone is 2. The molecule has 1 N–H and O–H groups in total. The number of hydrogen-bond donors (Lipinski definition) is 1. The van der Waals surface area contributed by atoms with E-state index in [0.29, 0.717) is 5.92 Å². The highest BCUT2D eigenvalue weighted by Gasteiger charge is 2.51. The Hall–Kier alpha value is -0.300. The van der Waals surface area contributed by atoms with Crippen LogP contribution in [0.5, 0.6) is 0 Å². The number of hydrogen-bond acceptors (Lipinski definition) is 1. The summed E-state index contributed by atoms with van der Waals surface area (Å²) in [5.74, 6) is 3.16. The van der Waals surface area contributed by atoms with Crippen LogP contribution in [-0.2, 0) is 0 Å². The average molecular weight is 150 g/mol. The molecule has 0 radical (unpaired) electrons. The van der Waals surface area contributed by atoms with Crippen molar-refractivity contribution in [3.63, 3.8) is 0 Å². The van der Waals surface area contributed by atoms with Gasteiger partial charge in [-0.05, 0) is 42.9 Å². The van der Waals surface area contributed by atoms with Crippen LogP contribution >= 0.6 is 0 Å². The largest absolute Gasteiger partial charge is 0.393 e. The molecular formula is C10H14O. The fraction of sp³-hybridized carbons (Fsp3) is 0.800. The number of rotatable bonds is 0. The molecule has 1 heteroatoms. The third kappa shape index (κ3) is 0.652. The molecule has 0 heterocycles. The van der Waals surface area contributed by atoms with Crippen molar-refractivity contribution in [1.82, 2.24) is 0 Å². The zero-order valence-corrected chi connectivity index (χ0v) is 6.61. The molecule has 3 rings (SSSR count). The number of aliphatic hydroxyl groups excluding tert-OH is 1. The highest BCUT2D eigenvalue weighted by Crippen LogP contribution is 2.56. The summed E-state index contributed by atoms with van der Waals surface area (Å²) in [6, 6.07) is 0. The summed E-state index contributed by atoms with van der Waals surface area (Å²) in [6.45, 7) is 0. The van der Waals surface area contributed by atoms with Crippen LogP contribution in [0, 0.1) is 23.7 Å². The highest BCUT2D eigenvalue weighted by molar-refractivity contribution is 5.14. The molecule has 1 nitrogen and oxygen atoms in total. The minimum absolute atomic E-state index is 0.0315. The fourth-order valence-electron chi connectivity index (χ4n) is 3.51. The van der Waals surface area contributed by atoms with Crippen LogP contribution in [0.3, 0.4) is 0 Å². The minimum Gasteiger partial charge on any atom is -0.393 e. The predicted molar refractivity (Wildman–Crippen MR) is 43.0 cm³/mol.